The molecule has 0 aromatic carbocycles. The lowest BCUT2D eigenvalue weighted by Crippen LogP contribution is -2.49. The predicted octanol–water partition coefficient (Wildman–Crippen LogP) is -0.862. The maximum absolute atomic E-state index is 11.9. The Morgan fingerprint density at radius 1 is 1.62 bits per heavy atom. The summed E-state index contributed by atoms with van der Waals surface area (Å²) in [5, 5.41) is 0. The number of ether oxygens (including phenoxy) is 1. The number of morpholine rings is 1. The molecule has 3 N–H and O–H groups in total. The Kier molecular flexibility index (Phi) is 3.53. The van der Waals surface area contributed by atoms with Gasteiger partial charge in [0.05, 0.1) is 25.6 Å². The summed E-state index contributed by atoms with van der Waals surface area (Å²) in [6.07, 6.45) is 3.77. The van der Waals surface area contributed by atoms with Crippen molar-refractivity contribution in [3.8, 4) is 0 Å². The van der Waals surface area contributed by atoms with Crippen molar-refractivity contribution < 1.29 is 9.53 Å². The number of hydrogen-bond acceptors (Lipinski definition) is 4. The lowest BCUT2D eigenvalue weighted by atomic mass is 10.1. The van der Waals surface area contributed by atoms with Crippen LogP contribution in [0.1, 0.15) is 5.69 Å². The lowest BCUT2D eigenvalue weighted by Gasteiger charge is -2.29. The van der Waals surface area contributed by atoms with Crippen LogP contribution in [0.3, 0.4) is 0 Å². The molecule has 16 heavy (non-hydrogen) atoms. The number of nitrogens with zero attached hydrogens (tertiary/aromatic N) is 2. The van der Waals surface area contributed by atoms with Crippen molar-refractivity contribution in [2.45, 2.75) is 12.5 Å². The molecule has 88 valence electrons. The fourth-order valence-corrected chi connectivity index (χ4v) is 1.74. The van der Waals surface area contributed by atoms with E-state index in [0.29, 0.717) is 32.7 Å². The molecule has 0 saturated carbocycles. The molecule has 6 heteroatoms. The van der Waals surface area contributed by atoms with E-state index in [9.17, 15) is 4.79 Å². The molecule has 1 aliphatic heterocycles. The van der Waals surface area contributed by atoms with Gasteiger partial charge in [0.2, 0.25) is 5.91 Å². The number of rotatable bonds is 3. The zero-order valence-electron chi connectivity index (χ0n) is 9.06. The van der Waals surface area contributed by atoms with Gasteiger partial charge in [0.25, 0.3) is 0 Å². The fourth-order valence-electron chi connectivity index (χ4n) is 1.74. The van der Waals surface area contributed by atoms with Gasteiger partial charge in [-0.05, 0) is 0 Å². The topological polar surface area (TPSA) is 84.2 Å². The molecule has 6 nitrogen and oxygen atoms in total. The van der Waals surface area contributed by atoms with E-state index < -0.39 is 6.04 Å². The molecule has 0 spiro atoms. The minimum Gasteiger partial charge on any atom is -0.378 e. The van der Waals surface area contributed by atoms with E-state index in [1.54, 1.807) is 17.4 Å². The second-order valence-corrected chi connectivity index (χ2v) is 3.83. The van der Waals surface area contributed by atoms with E-state index in [2.05, 4.69) is 9.97 Å². The van der Waals surface area contributed by atoms with Crippen LogP contribution in [0.5, 0.6) is 0 Å². The molecule has 2 heterocycles. The molecule has 1 amide bonds. The largest absolute Gasteiger partial charge is 0.378 e. The van der Waals surface area contributed by atoms with Crippen LogP contribution in [0.2, 0.25) is 0 Å². The van der Waals surface area contributed by atoms with Gasteiger partial charge in [-0.25, -0.2) is 4.98 Å². The highest BCUT2D eigenvalue weighted by molar-refractivity contribution is 5.82. The van der Waals surface area contributed by atoms with Gasteiger partial charge in [-0.1, -0.05) is 0 Å². The lowest BCUT2D eigenvalue weighted by molar-refractivity contribution is -0.136. The first-order valence-electron chi connectivity index (χ1n) is 5.37. The van der Waals surface area contributed by atoms with Gasteiger partial charge in [0.1, 0.15) is 0 Å². The highest BCUT2D eigenvalue weighted by Crippen LogP contribution is 2.03. The number of H-pyrrole nitrogens is 1. The van der Waals surface area contributed by atoms with Crippen LogP contribution >= 0.6 is 0 Å². The van der Waals surface area contributed by atoms with Crippen molar-refractivity contribution in [2.75, 3.05) is 26.3 Å². The summed E-state index contributed by atoms with van der Waals surface area (Å²) in [6, 6.07) is -0.501. The summed E-state index contributed by atoms with van der Waals surface area (Å²) < 4.78 is 5.18. The van der Waals surface area contributed by atoms with Gasteiger partial charge in [0.15, 0.2) is 0 Å². The zero-order chi connectivity index (χ0) is 11.4. The number of imidazole rings is 1. The van der Waals surface area contributed by atoms with Crippen LogP contribution in [0.25, 0.3) is 0 Å². The number of amides is 1. The Balaban J connectivity index is 1.88. The smallest absolute Gasteiger partial charge is 0.240 e. The van der Waals surface area contributed by atoms with Crippen LogP contribution in [-0.4, -0.2) is 53.1 Å². The average molecular weight is 224 g/mol. The number of carbonyl (C=O) groups is 1. The van der Waals surface area contributed by atoms with Gasteiger partial charge in [0, 0.05) is 31.4 Å². The normalized spacial score (nSPS) is 18.4. The molecular formula is C10H16N4O2. The van der Waals surface area contributed by atoms with E-state index in [1.165, 1.54) is 0 Å². The van der Waals surface area contributed by atoms with Gasteiger partial charge >= 0.3 is 0 Å². The molecule has 0 unspecified atom stereocenters. The minimum atomic E-state index is -0.501. The van der Waals surface area contributed by atoms with Gasteiger partial charge in [-0.2, -0.15) is 0 Å². The molecule has 2 rings (SSSR count). The summed E-state index contributed by atoms with van der Waals surface area (Å²) in [6.45, 7) is 2.47. The van der Waals surface area contributed by atoms with Crippen molar-refractivity contribution in [3.05, 3.63) is 18.2 Å². The standard InChI is InChI=1S/C10H16N4O2/c11-9(5-8-6-12-7-13-8)10(15)14-1-3-16-4-2-14/h6-7,9H,1-5,11H2,(H,12,13)/t9-/m0/s1. The Morgan fingerprint density at radius 3 is 3.00 bits per heavy atom. The zero-order valence-corrected chi connectivity index (χ0v) is 9.06. The molecule has 1 aromatic heterocycles. The van der Waals surface area contributed by atoms with Crippen LogP contribution in [-0.2, 0) is 16.0 Å². The third kappa shape index (κ3) is 2.59. The second kappa shape index (κ2) is 5.09. The van der Waals surface area contributed by atoms with Crippen LogP contribution in [0.4, 0.5) is 0 Å². The first-order chi connectivity index (χ1) is 7.77. The summed E-state index contributed by atoms with van der Waals surface area (Å²) in [4.78, 5) is 20.5. The maximum Gasteiger partial charge on any atom is 0.240 e. The molecule has 0 bridgehead atoms. The monoisotopic (exact) mass is 224 g/mol. The predicted molar refractivity (Wildman–Crippen MR) is 57.7 cm³/mol. The number of nitrogens with one attached hydrogen (secondary N) is 1. The molecule has 0 aliphatic carbocycles. The Hall–Kier alpha value is -1.40. The van der Waals surface area contributed by atoms with E-state index in [-0.39, 0.29) is 5.91 Å². The highest BCUT2D eigenvalue weighted by atomic mass is 16.5. The number of aromatic amines is 1. The van der Waals surface area contributed by atoms with Gasteiger partial charge in [-0.15, -0.1) is 0 Å². The fraction of sp³-hybridized carbons (Fsp3) is 0.600. The molecule has 1 fully saturated rings. The molecule has 1 aliphatic rings. The number of hydrogen-bond donors (Lipinski definition) is 2. The maximum atomic E-state index is 11.9. The number of carbonyl (C=O) groups excluding carboxylic acids is 1. The van der Waals surface area contributed by atoms with Crippen molar-refractivity contribution in [3.63, 3.8) is 0 Å². The Labute approximate surface area is 93.8 Å². The van der Waals surface area contributed by atoms with Gasteiger partial charge < -0.3 is 20.4 Å². The minimum absolute atomic E-state index is 0.0158. The number of nitrogens with two attached hydrogens (primary N) is 1. The quantitative estimate of drug-likeness (QED) is 0.699. The van der Waals surface area contributed by atoms with E-state index in [0.717, 1.165) is 5.69 Å². The van der Waals surface area contributed by atoms with E-state index in [1.807, 2.05) is 0 Å². The third-order valence-electron chi connectivity index (χ3n) is 2.63. The molecule has 1 atom stereocenters. The molecule has 1 saturated heterocycles. The van der Waals surface area contributed by atoms with Gasteiger partial charge in [-0.3, -0.25) is 4.79 Å². The van der Waals surface area contributed by atoms with Crippen molar-refractivity contribution in [1.29, 1.82) is 0 Å². The highest BCUT2D eigenvalue weighted by Gasteiger charge is 2.23. The van der Waals surface area contributed by atoms with Crippen molar-refractivity contribution in [1.82, 2.24) is 14.9 Å². The molecular weight excluding hydrogens is 208 g/mol. The summed E-state index contributed by atoms with van der Waals surface area (Å²) in [5.74, 6) is -0.0158. The average Bonchev–Trinajstić information content (AvgIpc) is 2.82. The van der Waals surface area contributed by atoms with E-state index >= 15 is 0 Å². The first-order valence-corrected chi connectivity index (χ1v) is 5.37. The second-order valence-electron chi connectivity index (χ2n) is 3.83. The third-order valence-corrected chi connectivity index (χ3v) is 2.63. The van der Waals surface area contributed by atoms with Crippen LogP contribution in [0.15, 0.2) is 12.5 Å². The van der Waals surface area contributed by atoms with Crippen LogP contribution in [0, 0.1) is 0 Å². The first kappa shape index (κ1) is 11.1. The SMILES string of the molecule is N[C@@H](Cc1cnc[nH]1)C(=O)N1CCOCC1. The molecule has 1 aromatic rings. The van der Waals surface area contributed by atoms with Crippen molar-refractivity contribution >= 4 is 5.91 Å². The summed E-state index contributed by atoms with van der Waals surface area (Å²) >= 11 is 0. The summed E-state index contributed by atoms with van der Waals surface area (Å²) in [7, 11) is 0. The summed E-state index contributed by atoms with van der Waals surface area (Å²) in [5.41, 5.74) is 6.74. The van der Waals surface area contributed by atoms with Crippen LogP contribution < -0.4 is 5.73 Å². The Bertz CT molecular complexity index is 333. The van der Waals surface area contributed by atoms with Crippen molar-refractivity contribution in [2.24, 2.45) is 5.73 Å². The molecule has 0 radical (unpaired) electrons. The Morgan fingerprint density at radius 2 is 2.38 bits per heavy atom. The van der Waals surface area contributed by atoms with E-state index in [4.69, 9.17) is 10.5 Å². The number of aromatic nitrogens is 2.